The van der Waals surface area contributed by atoms with Crippen molar-refractivity contribution in [3.63, 3.8) is 0 Å². The molecule has 4 aromatic rings. The number of rotatable bonds is 3. The van der Waals surface area contributed by atoms with Crippen molar-refractivity contribution in [2.45, 2.75) is 31.6 Å². The van der Waals surface area contributed by atoms with E-state index in [0.29, 0.717) is 0 Å². The van der Waals surface area contributed by atoms with Gasteiger partial charge < -0.3 is 10.1 Å². The zero-order valence-electron chi connectivity index (χ0n) is 20.3. The summed E-state index contributed by atoms with van der Waals surface area (Å²) in [6, 6.07) is 34.0. The van der Waals surface area contributed by atoms with Crippen molar-refractivity contribution in [1.29, 1.82) is 5.41 Å². The van der Waals surface area contributed by atoms with Gasteiger partial charge in [-0.3, -0.25) is 0 Å². The molecule has 2 aliphatic rings. The van der Waals surface area contributed by atoms with Crippen molar-refractivity contribution in [2.24, 2.45) is 0 Å². The molecule has 0 spiro atoms. The van der Waals surface area contributed by atoms with E-state index >= 15 is 0 Å². The Hall–Kier alpha value is -4.17. The molecule has 0 bridgehead atoms. The molecule has 0 radical (unpaired) electrons. The Morgan fingerprint density at radius 1 is 0.694 bits per heavy atom. The van der Waals surface area contributed by atoms with Crippen LogP contribution in [0.3, 0.4) is 0 Å². The topological polar surface area (TPSA) is 33.1 Å². The number of nitrogens with one attached hydrogen (secondary N) is 1. The Kier molecular flexibility index (Phi) is 6.09. The monoisotopic (exact) mass is 467 g/mol. The lowest BCUT2D eigenvalue weighted by molar-refractivity contribution is 0.472. The number of fused-ring (bicyclic) bond motifs is 4. The van der Waals surface area contributed by atoms with Crippen LogP contribution in [0.1, 0.15) is 52.1 Å². The third-order valence-corrected chi connectivity index (χ3v) is 7.33. The quantitative estimate of drug-likeness (QED) is 0.301. The van der Waals surface area contributed by atoms with Crippen LogP contribution in [0.5, 0.6) is 11.5 Å². The van der Waals surface area contributed by atoms with Crippen LogP contribution >= 0.6 is 0 Å². The molecular formula is C34H29NO. The molecule has 1 atom stereocenters. The van der Waals surface area contributed by atoms with Gasteiger partial charge in [0.2, 0.25) is 0 Å². The van der Waals surface area contributed by atoms with Crippen LogP contribution in [0.15, 0.2) is 115 Å². The van der Waals surface area contributed by atoms with Crippen LogP contribution in [-0.4, -0.2) is 6.21 Å². The fraction of sp³-hybridized carbons (Fsp3) is 0.147. The van der Waals surface area contributed by atoms with Crippen molar-refractivity contribution in [3.05, 3.63) is 148 Å². The van der Waals surface area contributed by atoms with Crippen molar-refractivity contribution in [1.82, 2.24) is 0 Å². The van der Waals surface area contributed by atoms with Gasteiger partial charge in [-0.25, -0.2) is 0 Å². The molecule has 1 unspecified atom stereocenters. The summed E-state index contributed by atoms with van der Waals surface area (Å²) in [7, 11) is 0. The SMILES string of the molecule is N=CC(c1ccccc1)c1ccc2c(c1)Cc1ccccc1Oc1ccccc1CC1=C2C=CCC1. The van der Waals surface area contributed by atoms with Gasteiger partial charge in [-0.2, -0.15) is 0 Å². The van der Waals surface area contributed by atoms with E-state index in [-0.39, 0.29) is 5.92 Å². The van der Waals surface area contributed by atoms with E-state index in [4.69, 9.17) is 10.1 Å². The van der Waals surface area contributed by atoms with Crippen molar-refractivity contribution >= 4 is 11.8 Å². The van der Waals surface area contributed by atoms with Gasteiger partial charge >= 0.3 is 0 Å². The molecule has 0 saturated carbocycles. The minimum Gasteiger partial charge on any atom is -0.457 e. The standard InChI is InChI=1S/C34H29NO/c35-23-32(24-10-2-1-3-11-24)26-18-19-31-29(21-26)22-28-14-6-9-17-34(28)36-33-16-8-5-13-27(33)20-25-12-4-7-15-30(25)31/h1-3,5-11,13-19,21,23,32,35H,4,12,20,22H2. The average Bonchev–Trinajstić information content (AvgIpc) is 2.94. The summed E-state index contributed by atoms with van der Waals surface area (Å²) in [5, 5.41) is 8.22. The molecule has 1 N–H and O–H groups in total. The van der Waals surface area contributed by atoms with Gasteiger partial charge in [0.05, 0.1) is 0 Å². The van der Waals surface area contributed by atoms with E-state index in [1.54, 1.807) is 6.21 Å². The third-order valence-electron chi connectivity index (χ3n) is 7.33. The second-order valence-electron chi connectivity index (χ2n) is 9.60. The summed E-state index contributed by atoms with van der Waals surface area (Å²) < 4.78 is 6.56. The fourth-order valence-electron chi connectivity index (χ4n) is 5.49. The fourth-order valence-corrected chi connectivity index (χ4v) is 5.49. The largest absolute Gasteiger partial charge is 0.457 e. The van der Waals surface area contributed by atoms with E-state index < -0.39 is 0 Å². The molecule has 36 heavy (non-hydrogen) atoms. The first-order chi connectivity index (χ1) is 17.8. The Morgan fingerprint density at radius 2 is 1.39 bits per heavy atom. The molecule has 0 amide bonds. The van der Waals surface area contributed by atoms with Gasteiger partial charge in [-0.05, 0) is 70.3 Å². The predicted molar refractivity (Wildman–Crippen MR) is 148 cm³/mol. The first kappa shape index (κ1) is 22.3. The molecule has 6 rings (SSSR count). The highest BCUT2D eigenvalue weighted by Crippen LogP contribution is 2.39. The van der Waals surface area contributed by atoms with Crippen LogP contribution in [-0.2, 0) is 12.8 Å². The van der Waals surface area contributed by atoms with Gasteiger partial charge in [0.15, 0.2) is 0 Å². The first-order valence-corrected chi connectivity index (χ1v) is 12.7. The maximum atomic E-state index is 8.22. The minimum atomic E-state index is -0.0687. The normalized spacial score (nSPS) is 15.3. The first-order valence-electron chi connectivity index (χ1n) is 12.7. The summed E-state index contributed by atoms with van der Waals surface area (Å²) in [6.07, 6.45) is 9.95. The molecule has 0 saturated heterocycles. The van der Waals surface area contributed by atoms with E-state index in [0.717, 1.165) is 48.3 Å². The van der Waals surface area contributed by atoms with Gasteiger partial charge in [0.1, 0.15) is 11.5 Å². The number of ether oxygens (including phenoxy) is 1. The number of hydrogen-bond acceptors (Lipinski definition) is 2. The molecule has 0 aromatic heterocycles. The maximum absolute atomic E-state index is 8.22. The maximum Gasteiger partial charge on any atom is 0.130 e. The predicted octanol–water partition coefficient (Wildman–Crippen LogP) is 8.51. The number of para-hydroxylation sites is 2. The Balaban J connectivity index is 1.55. The second-order valence-corrected chi connectivity index (χ2v) is 9.60. The molecule has 176 valence electrons. The third kappa shape index (κ3) is 4.31. The van der Waals surface area contributed by atoms with Crippen molar-refractivity contribution in [3.8, 4) is 11.5 Å². The van der Waals surface area contributed by atoms with E-state index in [2.05, 4.69) is 84.9 Å². The van der Waals surface area contributed by atoms with E-state index in [1.165, 1.54) is 33.4 Å². The highest BCUT2D eigenvalue weighted by atomic mass is 16.5. The van der Waals surface area contributed by atoms with Crippen molar-refractivity contribution < 1.29 is 4.74 Å². The summed E-state index contributed by atoms with van der Waals surface area (Å²) in [5.41, 5.74) is 10.0. The van der Waals surface area contributed by atoms with Gasteiger partial charge in [-0.15, -0.1) is 0 Å². The Morgan fingerprint density at radius 3 is 2.14 bits per heavy atom. The number of hydrogen-bond donors (Lipinski definition) is 1. The van der Waals surface area contributed by atoms with Crippen molar-refractivity contribution in [2.75, 3.05) is 0 Å². The highest BCUT2D eigenvalue weighted by Gasteiger charge is 2.21. The van der Waals surface area contributed by atoms with Crippen LogP contribution in [0, 0.1) is 5.41 Å². The lowest BCUT2D eigenvalue weighted by Gasteiger charge is -2.21. The summed E-state index contributed by atoms with van der Waals surface area (Å²) >= 11 is 0. The molecule has 1 heterocycles. The van der Waals surface area contributed by atoms with Crippen LogP contribution in [0.2, 0.25) is 0 Å². The molecule has 2 nitrogen and oxygen atoms in total. The lowest BCUT2D eigenvalue weighted by atomic mass is 9.83. The van der Waals surface area contributed by atoms with E-state index in [9.17, 15) is 0 Å². The minimum absolute atomic E-state index is 0.0687. The van der Waals surface area contributed by atoms with Crippen LogP contribution in [0.25, 0.3) is 5.57 Å². The second kappa shape index (κ2) is 9.83. The van der Waals surface area contributed by atoms with Gasteiger partial charge in [0, 0.05) is 18.6 Å². The Labute approximate surface area is 213 Å². The molecule has 0 fully saturated rings. The Bertz CT molecular complexity index is 1480. The van der Waals surface area contributed by atoms with E-state index in [1.807, 2.05) is 24.3 Å². The molecular weight excluding hydrogens is 438 g/mol. The van der Waals surface area contributed by atoms with Crippen LogP contribution in [0.4, 0.5) is 0 Å². The molecule has 1 aliphatic carbocycles. The highest BCUT2D eigenvalue weighted by molar-refractivity contribution is 5.81. The number of allylic oxidation sites excluding steroid dienone is 4. The zero-order valence-corrected chi connectivity index (χ0v) is 20.3. The molecule has 4 aromatic carbocycles. The lowest BCUT2D eigenvalue weighted by Crippen LogP contribution is -2.06. The molecule has 2 heteroatoms. The van der Waals surface area contributed by atoms with Crippen LogP contribution < -0.4 is 4.74 Å². The summed E-state index contributed by atoms with van der Waals surface area (Å²) in [5.74, 6) is 1.77. The van der Waals surface area contributed by atoms with Gasteiger partial charge in [-0.1, -0.05) is 103 Å². The zero-order chi connectivity index (χ0) is 24.3. The van der Waals surface area contributed by atoms with Gasteiger partial charge in [0.25, 0.3) is 0 Å². The average molecular weight is 468 g/mol. The summed E-state index contributed by atoms with van der Waals surface area (Å²) in [6.45, 7) is 0. The smallest absolute Gasteiger partial charge is 0.130 e. The summed E-state index contributed by atoms with van der Waals surface area (Å²) in [4.78, 5) is 0. The number of benzene rings is 4. The molecule has 1 aliphatic heterocycles.